The fourth-order valence-corrected chi connectivity index (χ4v) is 2.38. The van der Waals surface area contributed by atoms with E-state index in [9.17, 15) is 4.39 Å². The maximum atomic E-state index is 13.3. The zero-order chi connectivity index (χ0) is 16.7. The summed E-state index contributed by atoms with van der Waals surface area (Å²) in [7, 11) is 1.88. The van der Waals surface area contributed by atoms with Crippen LogP contribution in [0.2, 0.25) is 5.02 Å². The summed E-state index contributed by atoms with van der Waals surface area (Å²) in [6.45, 7) is 0.404. The van der Waals surface area contributed by atoms with Gasteiger partial charge in [0.15, 0.2) is 0 Å². The van der Waals surface area contributed by atoms with Crippen molar-refractivity contribution in [2.75, 3.05) is 13.7 Å². The van der Waals surface area contributed by atoms with Crippen LogP contribution >= 0.6 is 11.6 Å². The average Bonchev–Trinajstić information content (AvgIpc) is 2.58. The minimum absolute atomic E-state index is 0.0550. The van der Waals surface area contributed by atoms with Crippen LogP contribution in [0.25, 0.3) is 0 Å². The highest BCUT2D eigenvalue weighted by atomic mass is 35.5. The van der Waals surface area contributed by atoms with E-state index in [4.69, 9.17) is 21.6 Å². The molecule has 0 amide bonds. The number of ether oxygens (including phenoxy) is 1. The standard InChI is InChI=1S/C17H17ClFN3O/c1-21-15(16-5-2-3-7-22-16)6-4-8-23-17-10-13(18)14(19)9-12(17)11-20/h2-3,5,7,9-10,15,21H,4,6,8H2,1H3. The number of rotatable bonds is 7. The molecule has 120 valence electrons. The van der Waals surface area contributed by atoms with E-state index in [-0.39, 0.29) is 16.6 Å². The number of hydrogen-bond donors (Lipinski definition) is 1. The fourth-order valence-electron chi connectivity index (χ4n) is 2.23. The molecule has 0 radical (unpaired) electrons. The lowest BCUT2D eigenvalue weighted by Crippen LogP contribution is -2.18. The molecule has 0 saturated heterocycles. The topological polar surface area (TPSA) is 57.9 Å². The molecule has 1 unspecified atom stereocenters. The number of benzene rings is 1. The number of halogens is 2. The Hall–Kier alpha value is -2.16. The second-order valence-corrected chi connectivity index (χ2v) is 5.37. The summed E-state index contributed by atoms with van der Waals surface area (Å²) in [6.07, 6.45) is 3.34. The van der Waals surface area contributed by atoms with Crippen LogP contribution in [-0.2, 0) is 0 Å². The van der Waals surface area contributed by atoms with E-state index < -0.39 is 5.82 Å². The number of hydrogen-bond acceptors (Lipinski definition) is 4. The van der Waals surface area contributed by atoms with E-state index in [1.54, 1.807) is 6.20 Å². The molecule has 1 aromatic heterocycles. The van der Waals surface area contributed by atoms with Gasteiger partial charge in [0, 0.05) is 18.3 Å². The van der Waals surface area contributed by atoms with Gasteiger partial charge in [-0.1, -0.05) is 17.7 Å². The highest BCUT2D eigenvalue weighted by Crippen LogP contribution is 2.26. The fraction of sp³-hybridized carbons (Fsp3) is 0.294. The predicted octanol–water partition coefficient (Wildman–Crippen LogP) is 3.87. The Bertz CT molecular complexity index is 688. The first kappa shape index (κ1) is 17.2. The molecule has 1 aromatic carbocycles. The van der Waals surface area contributed by atoms with Crippen molar-refractivity contribution in [3.05, 3.63) is 58.6 Å². The normalized spacial score (nSPS) is 11.7. The van der Waals surface area contributed by atoms with Crippen LogP contribution in [0, 0.1) is 17.1 Å². The summed E-state index contributed by atoms with van der Waals surface area (Å²) in [6, 6.07) is 10.2. The summed E-state index contributed by atoms with van der Waals surface area (Å²) in [5, 5.41) is 12.2. The number of nitrogens with one attached hydrogen (secondary N) is 1. The van der Waals surface area contributed by atoms with Crippen molar-refractivity contribution in [3.8, 4) is 11.8 Å². The largest absolute Gasteiger partial charge is 0.492 e. The Balaban J connectivity index is 1.90. The molecule has 1 N–H and O–H groups in total. The lowest BCUT2D eigenvalue weighted by Gasteiger charge is -2.16. The molecule has 23 heavy (non-hydrogen) atoms. The Morgan fingerprint density at radius 3 is 2.91 bits per heavy atom. The van der Waals surface area contributed by atoms with Gasteiger partial charge in [-0.25, -0.2) is 4.39 Å². The molecule has 0 spiro atoms. The first-order valence-corrected chi connectivity index (χ1v) is 7.63. The van der Waals surface area contributed by atoms with Crippen molar-refractivity contribution in [2.24, 2.45) is 0 Å². The average molecular weight is 334 g/mol. The Kier molecular flexibility index (Phi) is 6.33. The number of nitrogens with zero attached hydrogens (tertiary/aromatic N) is 2. The maximum absolute atomic E-state index is 13.3. The third-order valence-electron chi connectivity index (χ3n) is 3.43. The van der Waals surface area contributed by atoms with E-state index in [1.807, 2.05) is 31.3 Å². The van der Waals surface area contributed by atoms with Gasteiger partial charge in [-0.05, 0) is 38.1 Å². The molecule has 0 saturated carbocycles. The molecule has 6 heteroatoms. The number of nitriles is 1. The molecule has 0 aliphatic carbocycles. The molecule has 2 aromatic rings. The summed E-state index contributed by atoms with van der Waals surface area (Å²) in [5.41, 5.74) is 1.11. The zero-order valence-electron chi connectivity index (χ0n) is 12.7. The molecule has 1 atom stereocenters. The van der Waals surface area contributed by atoms with Crippen LogP contribution in [-0.4, -0.2) is 18.6 Å². The van der Waals surface area contributed by atoms with E-state index in [0.717, 1.165) is 24.6 Å². The minimum atomic E-state index is -0.624. The van der Waals surface area contributed by atoms with Crippen LogP contribution in [0.15, 0.2) is 36.5 Å². The Morgan fingerprint density at radius 1 is 1.43 bits per heavy atom. The minimum Gasteiger partial charge on any atom is -0.492 e. The van der Waals surface area contributed by atoms with Gasteiger partial charge in [-0.15, -0.1) is 0 Å². The molecular weight excluding hydrogens is 317 g/mol. The molecule has 2 rings (SSSR count). The molecule has 0 aliphatic heterocycles. The molecule has 1 heterocycles. The van der Waals surface area contributed by atoms with Crippen LogP contribution in [0.1, 0.15) is 30.1 Å². The van der Waals surface area contributed by atoms with Gasteiger partial charge in [-0.2, -0.15) is 5.26 Å². The van der Waals surface area contributed by atoms with E-state index in [0.29, 0.717) is 12.4 Å². The lowest BCUT2D eigenvalue weighted by molar-refractivity contribution is 0.296. The van der Waals surface area contributed by atoms with Crippen LogP contribution < -0.4 is 10.1 Å². The van der Waals surface area contributed by atoms with Crippen molar-refractivity contribution >= 4 is 11.6 Å². The third-order valence-corrected chi connectivity index (χ3v) is 3.72. The van der Waals surface area contributed by atoms with Crippen molar-refractivity contribution in [3.63, 3.8) is 0 Å². The van der Waals surface area contributed by atoms with Crippen molar-refractivity contribution in [1.82, 2.24) is 10.3 Å². The SMILES string of the molecule is CNC(CCCOc1cc(Cl)c(F)cc1C#N)c1ccccn1. The van der Waals surface area contributed by atoms with E-state index in [1.165, 1.54) is 6.07 Å². The molecule has 0 bridgehead atoms. The smallest absolute Gasteiger partial charge is 0.143 e. The molecule has 0 aliphatic rings. The van der Waals surface area contributed by atoms with Gasteiger partial charge in [0.2, 0.25) is 0 Å². The number of pyridine rings is 1. The summed E-state index contributed by atoms with van der Waals surface area (Å²) in [5.74, 6) is -0.321. The van der Waals surface area contributed by atoms with Crippen LogP contribution in [0.3, 0.4) is 0 Å². The third kappa shape index (κ3) is 4.65. The maximum Gasteiger partial charge on any atom is 0.143 e. The van der Waals surface area contributed by atoms with E-state index in [2.05, 4.69) is 10.3 Å². The van der Waals surface area contributed by atoms with E-state index >= 15 is 0 Å². The van der Waals surface area contributed by atoms with Crippen LogP contribution in [0.4, 0.5) is 4.39 Å². The zero-order valence-corrected chi connectivity index (χ0v) is 13.5. The van der Waals surface area contributed by atoms with Crippen LogP contribution in [0.5, 0.6) is 5.75 Å². The lowest BCUT2D eigenvalue weighted by atomic mass is 10.1. The number of aromatic nitrogens is 1. The molecule has 0 fully saturated rings. The van der Waals surface area contributed by atoms with Gasteiger partial charge in [0.1, 0.15) is 17.6 Å². The van der Waals surface area contributed by atoms with Gasteiger partial charge >= 0.3 is 0 Å². The van der Waals surface area contributed by atoms with Gasteiger partial charge in [0.25, 0.3) is 0 Å². The van der Waals surface area contributed by atoms with Gasteiger partial charge < -0.3 is 10.1 Å². The predicted molar refractivity (Wildman–Crippen MR) is 86.9 cm³/mol. The second kappa shape index (κ2) is 8.47. The second-order valence-electron chi connectivity index (χ2n) is 4.96. The monoisotopic (exact) mass is 333 g/mol. The van der Waals surface area contributed by atoms with Crippen molar-refractivity contribution in [2.45, 2.75) is 18.9 Å². The summed E-state index contributed by atoms with van der Waals surface area (Å²) in [4.78, 5) is 4.33. The summed E-state index contributed by atoms with van der Waals surface area (Å²) < 4.78 is 18.9. The molecular formula is C17H17ClFN3O. The van der Waals surface area contributed by atoms with Gasteiger partial charge in [0.05, 0.1) is 22.9 Å². The Labute approximate surface area is 139 Å². The quantitative estimate of drug-likeness (QED) is 0.781. The summed E-state index contributed by atoms with van der Waals surface area (Å²) >= 11 is 5.73. The highest BCUT2D eigenvalue weighted by Gasteiger charge is 2.12. The first-order valence-electron chi connectivity index (χ1n) is 7.26. The molecule has 4 nitrogen and oxygen atoms in total. The Morgan fingerprint density at radius 2 is 2.26 bits per heavy atom. The van der Waals surface area contributed by atoms with Crippen molar-refractivity contribution < 1.29 is 9.13 Å². The first-order chi connectivity index (χ1) is 11.2. The van der Waals surface area contributed by atoms with Gasteiger partial charge in [-0.3, -0.25) is 4.98 Å². The highest BCUT2D eigenvalue weighted by molar-refractivity contribution is 6.30. The van der Waals surface area contributed by atoms with Crippen molar-refractivity contribution in [1.29, 1.82) is 5.26 Å².